The fourth-order valence-electron chi connectivity index (χ4n) is 3.38. The van der Waals surface area contributed by atoms with Crippen LogP contribution in [-0.2, 0) is 9.59 Å². The molecule has 0 N–H and O–H groups in total. The highest BCUT2D eigenvalue weighted by molar-refractivity contribution is 7.14. The van der Waals surface area contributed by atoms with Crippen LogP contribution in [0.15, 0.2) is 60.0 Å². The molecule has 6 heteroatoms. The maximum atomic E-state index is 13.4. The number of hydrogen-bond donors (Lipinski definition) is 0. The molecule has 142 valence electrons. The van der Waals surface area contributed by atoms with E-state index in [2.05, 4.69) is 4.98 Å². The van der Waals surface area contributed by atoms with Crippen LogP contribution in [0.3, 0.4) is 0 Å². The van der Waals surface area contributed by atoms with E-state index in [1.54, 1.807) is 9.80 Å². The van der Waals surface area contributed by atoms with E-state index < -0.39 is 5.92 Å². The molecule has 3 aromatic rings. The molecule has 28 heavy (non-hydrogen) atoms. The molecule has 0 aliphatic carbocycles. The fraction of sp³-hybridized carbons (Fsp3) is 0.227. The van der Waals surface area contributed by atoms with Gasteiger partial charge >= 0.3 is 0 Å². The number of carbonyl (C=O) groups excluding carboxylic acids is 2. The van der Waals surface area contributed by atoms with E-state index in [-0.39, 0.29) is 18.2 Å². The number of rotatable bonds is 4. The number of amides is 2. The first kappa shape index (κ1) is 18.4. The Hall–Kier alpha value is -2.99. The van der Waals surface area contributed by atoms with Gasteiger partial charge in [0.05, 0.1) is 17.3 Å². The van der Waals surface area contributed by atoms with Crippen LogP contribution in [0.25, 0.3) is 0 Å². The van der Waals surface area contributed by atoms with E-state index in [1.807, 2.05) is 73.8 Å². The van der Waals surface area contributed by atoms with Crippen LogP contribution >= 0.6 is 11.3 Å². The van der Waals surface area contributed by atoms with Crippen LogP contribution in [0.2, 0.25) is 0 Å². The number of thiazole rings is 1. The molecule has 1 saturated heterocycles. The summed E-state index contributed by atoms with van der Waals surface area (Å²) in [5, 5.41) is 2.56. The molecule has 0 spiro atoms. The van der Waals surface area contributed by atoms with Gasteiger partial charge in [0.25, 0.3) is 0 Å². The lowest BCUT2D eigenvalue weighted by atomic mass is 10.1. The largest absolute Gasteiger partial charge is 0.312 e. The Morgan fingerprint density at radius 2 is 1.82 bits per heavy atom. The molecule has 1 atom stereocenters. The number of carbonyl (C=O) groups is 2. The predicted molar refractivity (Wildman–Crippen MR) is 112 cm³/mol. The standard InChI is InChI=1S/C22H21N3O2S/c1-15-8-10-18(11-9-15)24-13-17(12-20(24)26)21(27)25(19-6-4-3-5-7-19)22-23-16(2)14-28-22/h3-11,14,17H,12-13H2,1-2H3. The molecule has 2 aromatic carbocycles. The van der Waals surface area contributed by atoms with Gasteiger partial charge < -0.3 is 4.90 Å². The first-order chi connectivity index (χ1) is 13.5. The molecule has 5 nitrogen and oxygen atoms in total. The van der Waals surface area contributed by atoms with Crippen molar-refractivity contribution in [2.75, 3.05) is 16.3 Å². The second-order valence-corrected chi connectivity index (χ2v) is 7.86. The lowest BCUT2D eigenvalue weighted by molar-refractivity contribution is -0.123. The van der Waals surface area contributed by atoms with Crippen LogP contribution in [0.1, 0.15) is 17.7 Å². The van der Waals surface area contributed by atoms with Gasteiger partial charge in [-0.25, -0.2) is 4.98 Å². The Kier molecular flexibility index (Phi) is 4.96. The number of para-hydroxylation sites is 1. The number of aryl methyl sites for hydroxylation is 2. The molecule has 2 amide bonds. The minimum Gasteiger partial charge on any atom is -0.312 e. The van der Waals surface area contributed by atoms with E-state index in [0.717, 1.165) is 22.6 Å². The van der Waals surface area contributed by atoms with E-state index in [0.29, 0.717) is 11.7 Å². The Morgan fingerprint density at radius 1 is 1.11 bits per heavy atom. The van der Waals surface area contributed by atoms with Crippen molar-refractivity contribution in [1.82, 2.24) is 4.98 Å². The highest BCUT2D eigenvalue weighted by atomic mass is 32.1. The van der Waals surface area contributed by atoms with Gasteiger partial charge in [0, 0.05) is 24.0 Å². The second kappa shape index (κ2) is 7.56. The normalized spacial score (nSPS) is 16.4. The van der Waals surface area contributed by atoms with Gasteiger partial charge in [-0.2, -0.15) is 0 Å². The molecular weight excluding hydrogens is 370 g/mol. The summed E-state index contributed by atoms with van der Waals surface area (Å²) in [7, 11) is 0. The molecule has 1 aliphatic rings. The SMILES string of the molecule is Cc1ccc(N2CC(C(=O)N(c3ccccc3)c3nc(C)cs3)CC2=O)cc1. The third-order valence-electron chi connectivity index (χ3n) is 4.85. The van der Waals surface area contributed by atoms with Gasteiger partial charge in [0.1, 0.15) is 0 Å². The first-order valence-corrected chi connectivity index (χ1v) is 10.1. The molecule has 0 bridgehead atoms. The summed E-state index contributed by atoms with van der Waals surface area (Å²) in [6.07, 6.45) is 0.209. The van der Waals surface area contributed by atoms with Gasteiger partial charge in [-0.05, 0) is 38.1 Å². The monoisotopic (exact) mass is 391 g/mol. The number of benzene rings is 2. The van der Waals surface area contributed by atoms with Crippen LogP contribution < -0.4 is 9.80 Å². The number of hydrogen-bond acceptors (Lipinski definition) is 4. The van der Waals surface area contributed by atoms with Crippen LogP contribution in [-0.4, -0.2) is 23.3 Å². The molecule has 1 aliphatic heterocycles. The summed E-state index contributed by atoms with van der Waals surface area (Å²) < 4.78 is 0. The Morgan fingerprint density at radius 3 is 2.46 bits per heavy atom. The third-order valence-corrected chi connectivity index (χ3v) is 5.80. The maximum Gasteiger partial charge on any atom is 0.238 e. The van der Waals surface area contributed by atoms with Gasteiger partial charge in [-0.15, -0.1) is 11.3 Å². The van der Waals surface area contributed by atoms with Crippen molar-refractivity contribution in [3.8, 4) is 0 Å². The van der Waals surface area contributed by atoms with Gasteiger partial charge in [0.2, 0.25) is 11.8 Å². The van der Waals surface area contributed by atoms with Crippen molar-refractivity contribution in [1.29, 1.82) is 0 Å². The molecule has 2 heterocycles. The minimum atomic E-state index is -0.404. The predicted octanol–water partition coefficient (Wildman–Crippen LogP) is 4.48. The smallest absolute Gasteiger partial charge is 0.238 e. The summed E-state index contributed by atoms with van der Waals surface area (Å²) in [6.45, 7) is 4.30. The van der Waals surface area contributed by atoms with E-state index >= 15 is 0 Å². The van der Waals surface area contributed by atoms with Crippen molar-refractivity contribution < 1.29 is 9.59 Å². The molecular formula is C22H21N3O2S. The van der Waals surface area contributed by atoms with Crippen LogP contribution in [0, 0.1) is 19.8 Å². The Bertz CT molecular complexity index is 998. The quantitative estimate of drug-likeness (QED) is 0.659. The van der Waals surface area contributed by atoms with Crippen LogP contribution in [0.4, 0.5) is 16.5 Å². The lowest BCUT2D eigenvalue weighted by Gasteiger charge is -2.23. The lowest BCUT2D eigenvalue weighted by Crippen LogP contribution is -2.34. The third kappa shape index (κ3) is 3.55. The minimum absolute atomic E-state index is 0.0227. The molecule has 1 fully saturated rings. The van der Waals surface area contributed by atoms with Crippen molar-refractivity contribution in [3.05, 3.63) is 71.2 Å². The molecule has 1 aromatic heterocycles. The second-order valence-electron chi connectivity index (χ2n) is 7.02. The highest BCUT2D eigenvalue weighted by Crippen LogP contribution is 2.33. The van der Waals surface area contributed by atoms with E-state index in [4.69, 9.17) is 0 Å². The average Bonchev–Trinajstić information content (AvgIpc) is 3.29. The van der Waals surface area contributed by atoms with Crippen molar-refractivity contribution in [3.63, 3.8) is 0 Å². The number of aromatic nitrogens is 1. The molecule has 4 rings (SSSR count). The summed E-state index contributed by atoms with van der Waals surface area (Å²) in [5.74, 6) is -0.521. The number of nitrogens with zero attached hydrogens (tertiary/aromatic N) is 3. The zero-order valence-electron chi connectivity index (χ0n) is 15.8. The topological polar surface area (TPSA) is 53.5 Å². The van der Waals surface area contributed by atoms with Gasteiger partial charge in [-0.1, -0.05) is 35.9 Å². The average molecular weight is 391 g/mol. The first-order valence-electron chi connectivity index (χ1n) is 9.21. The van der Waals surface area contributed by atoms with Crippen molar-refractivity contribution in [2.24, 2.45) is 5.92 Å². The summed E-state index contributed by atoms with van der Waals surface area (Å²) >= 11 is 1.43. The maximum absolute atomic E-state index is 13.4. The van der Waals surface area contributed by atoms with Crippen LogP contribution in [0.5, 0.6) is 0 Å². The van der Waals surface area contributed by atoms with Crippen molar-refractivity contribution in [2.45, 2.75) is 20.3 Å². The Balaban J connectivity index is 1.62. The Labute approximate surface area is 168 Å². The zero-order chi connectivity index (χ0) is 19.7. The molecule has 0 radical (unpaired) electrons. The summed E-state index contributed by atoms with van der Waals surface area (Å²) in [5.41, 5.74) is 3.61. The zero-order valence-corrected chi connectivity index (χ0v) is 16.6. The van der Waals surface area contributed by atoms with Gasteiger partial charge in [0.15, 0.2) is 5.13 Å². The van der Waals surface area contributed by atoms with E-state index in [9.17, 15) is 9.59 Å². The highest BCUT2D eigenvalue weighted by Gasteiger charge is 2.38. The van der Waals surface area contributed by atoms with Crippen molar-refractivity contribution >= 4 is 39.7 Å². The molecule has 0 saturated carbocycles. The summed E-state index contributed by atoms with van der Waals surface area (Å²) in [6, 6.07) is 17.3. The number of anilines is 3. The van der Waals surface area contributed by atoms with E-state index in [1.165, 1.54) is 11.3 Å². The van der Waals surface area contributed by atoms with Gasteiger partial charge in [-0.3, -0.25) is 14.5 Å². The molecule has 1 unspecified atom stereocenters. The fourth-order valence-corrected chi connectivity index (χ4v) is 4.21. The summed E-state index contributed by atoms with van der Waals surface area (Å²) in [4.78, 5) is 33.9.